The maximum absolute atomic E-state index is 6.35. The van der Waals surface area contributed by atoms with Crippen molar-refractivity contribution in [3.8, 4) is 0 Å². The molecule has 0 aliphatic rings. The van der Waals surface area contributed by atoms with Crippen LogP contribution in [0.2, 0.25) is 19.6 Å². The zero-order chi connectivity index (χ0) is 10.8. The van der Waals surface area contributed by atoms with E-state index in [0.29, 0.717) is 0 Å². The third-order valence-electron chi connectivity index (χ3n) is 1.88. The van der Waals surface area contributed by atoms with Gasteiger partial charge in [-0.2, -0.15) is 0 Å². The van der Waals surface area contributed by atoms with Crippen LogP contribution in [0.15, 0.2) is 33.5 Å². The van der Waals surface area contributed by atoms with Crippen molar-refractivity contribution in [3.05, 3.63) is 39.1 Å². The molecule has 1 rings (SSSR count). The molecule has 0 aliphatic carbocycles. The van der Waals surface area contributed by atoms with Crippen molar-refractivity contribution in [1.82, 2.24) is 0 Å². The van der Waals surface area contributed by atoms with Gasteiger partial charge in [0.1, 0.15) is 0 Å². The van der Waals surface area contributed by atoms with E-state index < -0.39 is 8.07 Å². The van der Waals surface area contributed by atoms with Gasteiger partial charge < -0.3 is 0 Å². The molecule has 0 aromatic heterocycles. The molecule has 0 unspecified atom stereocenters. The van der Waals surface area contributed by atoms with Crippen molar-refractivity contribution in [1.29, 1.82) is 0 Å². The van der Waals surface area contributed by atoms with Crippen LogP contribution in [0.4, 0.5) is 0 Å². The molecule has 3 heteroatoms. The van der Waals surface area contributed by atoms with E-state index in [-0.39, 0.29) is 0 Å². The first-order valence-corrected chi connectivity index (χ1v) is 9.50. The minimum atomic E-state index is -1.27. The van der Waals surface area contributed by atoms with E-state index in [0.717, 1.165) is 10.6 Å². The predicted octanol–water partition coefficient (Wildman–Crippen LogP) is 4.91. The van der Waals surface area contributed by atoms with E-state index in [1.807, 2.05) is 18.2 Å². The maximum atomic E-state index is 6.35. The van der Waals surface area contributed by atoms with Crippen LogP contribution in [0, 0.1) is 0 Å². The van der Waals surface area contributed by atoms with E-state index in [2.05, 4.69) is 54.4 Å². The molecule has 0 heterocycles. The lowest BCUT2D eigenvalue weighted by Crippen LogP contribution is -2.20. The molecule has 1 aromatic carbocycles. The second kappa shape index (κ2) is 4.81. The molecule has 0 atom stereocenters. The summed E-state index contributed by atoms with van der Waals surface area (Å²) in [7, 11) is -1.27. The topological polar surface area (TPSA) is 0 Å². The SMILES string of the molecule is C[Si](C)(C)/C(I)=C(/Cl)c1ccccc1. The molecule has 0 spiro atoms. The summed E-state index contributed by atoms with van der Waals surface area (Å²) >= 11 is 8.74. The molecule has 0 nitrogen and oxygen atoms in total. The summed E-state index contributed by atoms with van der Waals surface area (Å²) in [4.78, 5) is 0. The third kappa shape index (κ3) is 3.10. The smallest absolute Gasteiger partial charge is 0.0833 e. The quantitative estimate of drug-likeness (QED) is 0.532. The number of benzene rings is 1. The molecule has 0 fully saturated rings. The summed E-state index contributed by atoms with van der Waals surface area (Å²) in [6.45, 7) is 6.92. The highest BCUT2D eigenvalue weighted by Crippen LogP contribution is 2.33. The van der Waals surface area contributed by atoms with Crippen molar-refractivity contribution in [2.75, 3.05) is 0 Å². The number of halogens is 2. The first-order valence-electron chi connectivity index (χ1n) is 4.54. The molecule has 0 aliphatic heterocycles. The van der Waals surface area contributed by atoms with Gasteiger partial charge in [-0.15, -0.1) is 0 Å². The van der Waals surface area contributed by atoms with E-state index in [9.17, 15) is 0 Å². The average Bonchev–Trinajstić information content (AvgIpc) is 2.15. The highest BCUT2D eigenvalue weighted by Gasteiger charge is 2.20. The lowest BCUT2D eigenvalue weighted by molar-refractivity contribution is 1.64. The van der Waals surface area contributed by atoms with Gasteiger partial charge in [0, 0.05) is 0 Å². The Hall–Kier alpha value is 0.197. The Morgan fingerprint density at radius 1 is 1.14 bits per heavy atom. The van der Waals surface area contributed by atoms with Gasteiger partial charge in [-0.1, -0.05) is 84.2 Å². The van der Waals surface area contributed by atoms with Gasteiger partial charge in [-0.05, 0) is 8.77 Å². The Balaban J connectivity index is 3.12. The number of rotatable bonds is 2. The molecule has 0 amide bonds. The molecular weight excluding hydrogens is 323 g/mol. The minimum Gasteiger partial charge on any atom is -0.0833 e. The lowest BCUT2D eigenvalue weighted by atomic mass is 10.2. The lowest BCUT2D eigenvalue weighted by Gasteiger charge is -2.17. The molecule has 0 N–H and O–H groups in total. The molecule has 1 aromatic rings. The second-order valence-electron chi connectivity index (χ2n) is 4.24. The fourth-order valence-corrected chi connectivity index (χ4v) is 3.13. The largest absolute Gasteiger partial charge is 0.0874 e. The Kier molecular flexibility index (Phi) is 4.22. The predicted molar refractivity (Wildman–Crippen MR) is 76.6 cm³/mol. The van der Waals surface area contributed by atoms with Crippen molar-refractivity contribution in [3.63, 3.8) is 0 Å². The Labute approximate surface area is 106 Å². The molecule has 14 heavy (non-hydrogen) atoms. The van der Waals surface area contributed by atoms with Gasteiger partial charge in [0.15, 0.2) is 0 Å². The van der Waals surface area contributed by atoms with Gasteiger partial charge in [0.05, 0.1) is 13.1 Å². The van der Waals surface area contributed by atoms with E-state index in [1.165, 1.54) is 3.20 Å². The van der Waals surface area contributed by atoms with Gasteiger partial charge in [-0.3, -0.25) is 0 Å². The number of hydrogen-bond acceptors (Lipinski definition) is 0. The molecule has 0 saturated heterocycles. The van der Waals surface area contributed by atoms with Crippen LogP contribution in [0.1, 0.15) is 5.56 Å². The Morgan fingerprint density at radius 2 is 1.64 bits per heavy atom. The van der Waals surface area contributed by atoms with Crippen LogP contribution in [0.3, 0.4) is 0 Å². The van der Waals surface area contributed by atoms with E-state index in [1.54, 1.807) is 0 Å². The fourth-order valence-electron chi connectivity index (χ4n) is 1.04. The van der Waals surface area contributed by atoms with Crippen LogP contribution < -0.4 is 0 Å². The summed E-state index contributed by atoms with van der Waals surface area (Å²) in [5.74, 6) is 0. The zero-order valence-corrected chi connectivity index (χ0v) is 12.6. The molecule has 0 saturated carbocycles. The van der Waals surface area contributed by atoms with Gasteiger partial charge in [0.25, 0.3) is 0 Å². The summed E-state index contributed by atoms with van der Waals surface area (Å²) in [6.07, 6.45) is 0. The monoisotopic (exact) mass is 336 g/mol. The van der Waals surface area contributed by atoms with Gasteiger partial charge in [0.2, 0.25) is 0 Å². The first-order chi connectivity index (χ1) is 6.43. The van der Waals surface area contributed by atoms with E-state index >= 15 is 0 Å². The van der Waals surface area contributed by atoms with Crippen molar-refractivity contribution < 1.29 is 0 Å². The standard InChI is InChI=1S/C11H14ClISi/c1-14(2,3)11(13)10(12)9-7-5-4-6-8-9/h4-8H,1-3H3/b11-10+. The van der Waals surface area contributed by atoms with Crippen LogP contribution in [-0.4, -0.2) is 8.07 Å². The molecule has 0 bridgehead atoms. The highest BCUT2D eigenvalue weighted by molar-refractivity contribution is 14.1. The van der Waals surface area contributed by atoms with Gasteiger partial charge >= 0.3 is 0 Å². The van der Waals surface area contributed by atoms with Crippen LogP contribution in [-0.2, 0) is 0 Å². The van der Waals surface area contributed by atoms with Crippen LogP contribution in [0.5, 0.6) is 0 Å². The highest BCUT2D eigenvalue weighted by atomic mass is 127. The fraction of sp³-hybridized carbons (Fsp3) is 0.273. The number of hydrogen-bond donors (Lipinski definition) is 0. The summed E-state index contributed by atoms with van der Waals surface area (Å²) in [5.41, 5.74) is 1.13. The van der Waals surface area contributed by atoms with Crippen LogP contribution in [0.25, 0.3) is 5.03 Å². The van der Waals surface area contributed by atoms with Crippen molar-refractivity contribution in [2.45, 2.75) is 19.6 Å². The van der Waals surface area contributed by atoms with Crippen LogP contribution >= 0.6 is 34.2 Å². The van der Waals surface area contributed by atoms with E-state index in [4.69, 9.17) is 11.6 Å². The Bertz CT molecular complexity index is 338. The van der Waals surface area contributed by atoms with Crippen molar-refractivity contribution in [2.24, 2.45) is 0 Å². The zero-order valence-electron chi connectivity index (χ0n) is 8.64. The summed E-state index contributed by atoms with van der Waals surface area (Å²) in [5, 5.41) is 0.922. The minimum absolute atomic E-state index is 0.922. The van der Waals surface area contributed by atoms with Crippen molar-refractivity contribution >= 4 is 47.3 Å². The summed E-state index contributed by atoms with van der Waals surface area (Å²) in [6, 6.07) is 10.2. The molecule has 76 valence electrons. The molecule has 0 radical (unpaired) electrons. The Morgan fingerprint density at radius 3 is 2.07 bits per heavy atom. The normalized spacial score (nSPS) is 13.8. The third-order valence-corrected chi connectivity index (χ3v) is 9.72. The van der Waals surface area contributed by atoms with Gasteiger partial charge in [-0.25, -0.2) is 0 Å². The first kappa shape index (κ1) is 12.3. The maximum Gasteiger partial charge on any atom is 0.0874 e. The average molecular weight is 337 g/mol. The second-order valence-corrected chi connectivity index (χ2v) is 11.7. The summed E-state index contributed by atoms with van der Waals surface area (Å²) < 4.78 is 1.34. The molecular formula is C11H14ClISi.